The third kappa shape index (κ3) is 6.30. The summed E-state index contributed by atoms with van der Waals surface area (Å²) < 4.78 is 0.138. The van der Waals surface area contributed by atoms with Gasteiger partial charge in [0.2, 0.25) is 0 Å². The van der Waals surface area contributed by atoms with Crippen molar-refractivity contribution >= 4 is 74.0 Å². The molecule has 80 valence electrons. The van der Waals surface area contributed by atoms with E-state index in [0.29, 0.717) is 0 Å². The van der Waals surface area contributed by atoms with Gasteiger partial charge in [-0.15, -0.1) is 11.8 Å². The fraction of sp³-hybridized carbons (Fsp3) is 1.00. The molecule has 0 N–H and O–H groups in total. The Balaban J connectivity index is 3.68. The maximum atomic E-state index is 4.34. The number of hydrogen-bond acceptors (Lipinski definition) is 6. The second kappa shape index (κ2) is 9.33. The number of hydrogen-bond donors (Lipinski definition) is 4. The molecule has 0 aromatic heterocycles. The molecule has 0 amide bonds. The summed E-state index contributed by atoms with van der Waals surface area (Å²) in [5.41, 5.74) is 0. The van der Waals surface area contributed by atoms with Gasteiger partial charge in [0.15, 0.2) is 0 Å². The normalized spacial score (nSPS) is 12.0. The van der Waals surface area contributed by atoms with Crippen LogP contribution < -0.4 is 0 Å². The van der Waals surface area contributed by atoms with Crippen molar-refractivity contribution in [2.45, 2.75) is 4.75 Å². The van der Waals surface area contributed by atoms with Crippen LogP contribution in [0.4, 0.5) is 0 Å². The van der Waals surface area contributed by atoms with Crippen molar-refractivity contribution in [2.75, 3.05) is 33.8 Å². The Morgan fingerprint density at radius 1 is 0.923 bits per heavy atom. The van der Waals surface area contributed by atoms with Gasteiger partial charge in [0.05, 0.1) is 0 Å². The zero-order valence-corrected chi connectivity index (χ0v) is 12.6. The van der Waals surface area contributed by atoms with E-state index in [1.807, 2.05) is 23.5 Å². The molecule has 0 aliphatic heterocycles. The topological polar surface area (TPSA) is 0 Å². The Hall–Kier alpha value is 2.10. The van der Waals surface area contributed by atoms with Gasteiger partial charge in [-0.05, 0) is 5.75 Å². The van der Waals surface area contributed by atoms with E-state index in [1.165, 1.54) is 0 Å². The zero-order chi connectivity index (χ0) is 10.2. The van der Waals surface area contributed by atoms with Gasteiger partial charge in [-0.25, -0.2) is 0 Å². The molecule has 0 unspecified atom stereocenters. The number of rotatable bonds is 8. The van der Waals surface area contributed by atoms with Crippen LogP contribution in [0.5, 0.6) is 0 Å². The fourth-order valence-corrected chi connectivity index (χ4v) is 5.19. The quantitative estimate of drug-likeness (QED) is 0.309. The summed E-state index contributed by atoms with van der Waals surface area (Å²) in [6.07, 6.45) is 0. The van der Waals surface area contributed by atoms with Gasteiger partial charge in [-0.3, -0.25) is 0 Å². The van der Waals surface area contributed by atoms with Crippen molar-refractivity contribution in [3.8, 4) is 0 Å². The van der Waals surface area contributed by atoms with Gasteiger partial charge in [0, 0.05) is 32.8 Å². The molecule has 0 nitrogen and oxygen atoms in total. The number of thiol groups is 4. The van der Waals surface area contributed by atoms with Gasteiger partial charge in [-0.2, -0.15) is 62.3 Å². The molecule has 0 rings (SSSR count). The van der Waals surface area contributed by atoms with Gasteiger partial charge >= 0.3 is 0 Å². The smallest absolute Gasteiger partial charge is 0.0431 e. The van der Waals surface area contributed by atoms with Crippen LogP contribution in [0, 0.1) is 0 Å². The van der Waals surface area contributed by atoms with Crippen molar-refractivity contribution in [3.63, 3.8) is 0 Å². The highest BCUT2D eigenvalue weighted by molar-refractivity contribution is 8.17. The summed E-state index contributed by atoms with van der Waals surface area (Å²) in [5, 5.41) is 1.09. The first-order valence-electron chi connectivity index (χ1n) is 3.90. The van der Waals surface area contributed by atoms with E-state index in [4.69, 9.17) is 0 Å². The molecule has 0 aliphatic rings. The monoisotopic (exact) mass is 292 g/mol. The molecule has 0 spiro atoms. The molecule has 0 fully saturated rings. The maximum absolute atomic E-state index is 4.34. The Labute approximate surface area is 112 Å². The van der Waals surface area contributed by atoms with E-state index in [-0.39, 0.29) is 4.75 Å². The summed E-state index contributed by atoms with van der Waals surface area (Å²) in [6.45, 7) is 0. The van der Waals surface area contributed by atoms with Gasteiger partial charge in [0.1, 0.15) is 0 Å². The Kier molecular flexibility index (Phi) is 10.8. The van der Waals surface area contributed by atoms with E-state index in [1.54, 1.807) is 0 Å². The fourth-order valence-electron chi connectivity index (χ4n) is 0.577. The first kappa shape index (κ1) is 15.1. The Bertz CT molecular complexity index is 105. The van der Waals surface area contributed by atoms with E-state index in [2.05, 4.69) is 50.5 Å². The summed E-state index contributed by atoms with van der Waals surface area (Å²) in [6, 6.07) is 0. The third-order valence-electron chi connectivity index (χ3n) is 1.55. The van der Waals surface area contributed by atoms with Crippen LogP contribution in [-0.4, -0.2) is 38.6 Å². The van der Waals surface area contributed by atoms with E-state index in [9.17, 15) is 0 Å². The summed E-state index contributed by atoms with van der Waals surface area (Å²) in [7, 11) is 0. The molecule has 0 aliphatic carbocycles. The molecule has 0 heterocycles. The average molecular weight is 293 g/mol. The molecule has 6 heteroatoms. The molecule has 0 atom stereocenters. The van der Waals surface area contributed by atoms with Gasteiger partial charge in [0.25, 0.3) is 0 Å². The molecule has 0 saturated heterocycles. The molecular weight excluding hydrogens is 276 g/mol. The molecule has 0 aromatic rings. The molecule has 0 aromatic carbocycles. The van der Waals surface area contributed by atoms with Gasteiger partial charge < -0.3 is 0 Å². The minimum absolute atomic E-state index is 0.138. The molecule has 0 saturated carbocycles. The Morgan fingerprint density at radius 3 is 1.85 bits per heavy atom. The van der Waals surface area contributed by atoms with Crippen LogP contribution in [0.3, 0.4) is 0 Å². The molecular formula is C7H16S6. The molecule has 0 radical (unpaired) electrons. The van der Waals surface area contributed by atoms with Crippen molar-refractivity contribution < 1.29 is 0 Å². The third-order valence-corrected chi connectivity index (χ3v) is 7.21. The first-order valence-corrected chi connectivity index (χ1v) is 8.57. The highest BCUT2D eigenvalue weighted by Crippen LogP contribution is 2.32. The van der Waals surface area contributed by atoms with E-state index >= 15 is 0 Å². The predicted molar refractivity (Wildman–Crippen MR) is 83.1 cm³/mol. The Morgan fingerprint density at radius 2 is 1.46 bits per heavy atom. The largest absolute Gasteiger partial charge is 0.179 e. The second-order valence-corrected chi connectivity index (χ2v) is 6.86. The van der Waals surface area contributed by atoms with Crippen LogP contribution in [0.25, 0.3) is 0 Å². The van der Waals surface area contributed by atoms with Crippen LogP contribution in [0.15, 0.2) is 0 Å². The lowest BCUT2D eigenvalue weighted by Crippen LogP contribution is -2.32. The van der Waals surface area contributed by atoms with E-state index in [0.717, 1.165) is 33.8 Å². The van der Waals surface area contributed by atoms with Crippen LogP contribution in [0.1, 0.15) is 0 Å². The van der Waals surface area contributed by atoms with Crippen molar-refractivity contribution in [1.29, 1.82) is 0 Å². The van der Waals surface area contributed by atoms with Crippen LogP contribution >= 0.6 is 74.0 Å². The molecule has 0 bridgehead atoms. The van der Waals surface area contributed by atoms with Crippen LogP contribution in [-0.2, 0) is 0 Å². The second-order valence-electron chi connectivity index (χ2n) is 2.55. The lowest BCUT2D eigenvalue weighted by Gasteiger charge is -2.27. The minimum Gasteiger partial charge on any atom is -0.179 e. The van der Waals surface area contributed by atoms with E-state index < -0.39 is 0 Å². The summed E-state index contributed by atoms with van der Waals surface area (Å²) in [4.78, 5) is 0. The summed E-state index contributed by atoms with van der Waals surface area (Å²) >= 11 is 21.0. The first-order chi connectivity index (χ1) is 6.24. The highest BCUT2D eigenvalue weighted by atomic mass is 32.2. The van der Waals surface area contributed by atoms with Crippen molar-refractivity contribution in [3.05, 3.63) is 0 Å². The van der Waals surface area contributed by atoms with Crippen molar-refractivity contribution in [1.82, 2.24) is 0 Å². The summed E-state index contributed by atoms with van der Waals surface area (Å²) in [5.74, 6) is 4.57. The zero-order valence-electron chi connectivity index (χ0n) is 7.35. The lowest BCUT2D eigenvalue weighted by molar-refractivity contribution is 0.856. The van der Waals surface area contributed by atoms with Crippen molar-refractivity contribution in [2.24, 2.45) is 0 Å². The molecule has 13 heavy (non-hydrogen) atoms. The SMILES string of the molecule is SCCSCSC(CS)(CS)CS. The average Bonchev–Trinajstić information content (AvgIpc) is 2.20. The maximum Gasteiger partial charge on any atom is 0.0431 e. The van der Waals surface area contributed by atoms with Gasteiger partial charge in [-0.1, -0.05) is 0 Å². The predicted octanol–water partition coefficient (Wildman–Crippen LogP) is 2.87. The number of thioether (sulfide) groups is 2. The van der Waals surface area contributed by atoms with Crippen LogP contribution in [0.2, 0.25) is 0 Å². The minimum atomic E-state index is 0.138. The lowest BCUT2D eigenvalue weighted by atomic mass is 10.2. The standard InChI is InChI=1S/C7H16S6/c8-1-2-12-6-13-7(3-9,4-10)5-11/h8-11H,1-6H2. The highest BCUT2D eigenvalue weighted by Gasteiger charge is 2.25.